The van der Waals surface area contributed by atoms with Crippen LogP contribution in [0.3, 0.4) is 0 Å². The number of thiazole rings is 1. The number of aliphatic imine (C=N–C) groups is 1. The van der Waals surface area contributed by atoms with E-state index in [1.807, 2.05) is 13.8 Å². The highest BCUT2D eigenvalue weighted by molar-refractivity contribution is 7.90. The van der Waals surface area contributed by atoms with Gasteiger partial charge in [0.15, 0.2) is 5.96 Å². The van der Waals surface area contributed by atoms with Gasteiger partial charge in [0.25, 0.3) is 0 Å². The lowest BCUT2D eigenvalue weighted by molar-refractivity contribution is 0.581. The van der Waals surface area contributed by atoms with Gasteiger partial charge in [-0.1, -0.05) is 29.8 Å². The minimum absolute atomic E-state index is 0.0277. The van der Waals surface area contributed by atoms with E-state index in [1.54, 1.807) is 11.3 Å². The Bertz CT molecular complexity index is 874. The molecule has 0 aliphatic carbocycles. The van der Waals surface area contributed by atoms with Crippen LogP contribution in [0.4, 0.5) is 0 Å². The van der Waals surface area contributed by atoms with Gasteiger partial charge in [0.05, 0.1) is 11.4 Å². The molecule has 0 bridgehead atoms. The summed E-state index contributed by atoms with van der Waals surface area (Å²) in [7, 11) is -2.95. The fraction of sp³-hybridized carbons (Fsp3) is 0.500. The van der Waals surface area contributed by atoms with E-state index in [0.29, 0.717) is 18.9 Å². The van der Waals surface area contributed by atoms with E-state index in [0.717, 1.165) is 29.2 Å². The molecule has 1 heterocycles. The van der Waals surface area contributed by atoms with Crippen LogP contribution in [-0.2, 0) is 16.3 Å². The summed E-state index contributed by atoms with van der Waals surface area (Å²) in [5, 5.41) is 9.58. The second-order valence-electron chi connectivity index (χ2n) is 6.98. The molecule has 1 unspecified atom stereocenters. The zero-order valence-corrected chi connectivity index (χ0v) is 18.7. The van der Waals surface area contributed by atoms with Gasteiger partial charge in [-0.15, -0.1) is 11.3 Å². The van der Waals surface area contributed by atoms with Crippen LogP contribution in [0.5, 0.6) is 0 Å². The van der Waals surface area contributed by atoms with Crippen molar-refractivity contribution in [2.75, 3.05) is 25.1 Å². The molecule has 0 aliphatic heterocycles. The first-order valence-electron chi connectivity index (χ1n) is 9.51. The maximum absolute atomic E-state index is 11.3. The smallest absolute Gasteiger partial charge is 0.191 e. The zero-order valence-electron chi connectivity index (χ0n) is 17.0. The van der Waals surface area contributed by atoms with E-state index in [2.05, 4.69) is 52.2 Å². The van der Waals surface area contributed by atoms with Gasteiger partial charge in [-0.05, 0) is 27.2 Å². The molecule has 2 rings (SSSR count). The summed E-state index contributed by atoms with van der Waals surface area (Å²) in [5.41, 5.74) is 3.41. The molecule has 0 spiro atoms. The molecule has 2 N–H and O–H groups in total. The summed E-state index contributed by atoms with van der Waals surface area (Å²) in [4.78, 5) is 9.31. The van der Waals surface area contributed by atoms with E-state index in [9.17, 15) is 8.42 Å². The van der Waals surface area contributed by atoms with Crippen molar-refractivity contribution >= 4 is 27.1 Å². The molecule has 28 heavy (non-hydrogen) atoms. The van der Waals surface area contributed by atoms with E-state index in [4.69, 9.17) is 4.98 Å². The van der Waals surface area contributed by atoms with Gasteiger partial charge in [0.1, 0.15) is 14.8 Å². The number of hydrogen-bond donors (Lipinski definition) is 2. The summed E-state index contributed by atoms with van der Waals surface area (Å²) in [6.45, 7) is 7.41. The van der Waals surface area contributed by atoms with Crippen LogP contribution < -0.4 is 10.6 Å². The van der Waals surface area contributed by atoms with Crippen LogP contribution in [0.1, 0.15) is 31.5 Å². The summed E-state index contributed by atoms with van der Waals surface area (Å²) in [5.74, 6) is 0.874. The summed E-state index contributed by atoms with van der Waals surface area (Å²) in [6.07, 6.45) is 2.57. The third-order valence-electron chi connectivity index (χ3n) is 4.14. The predicted octanol–water partition coefficient (Wildman–Crippen LogP) is 3.04. The first kappa shape index (κ1) is 22.4. The van der Waals surface area contributed by atoms with Crippen molar-refractivity contribution in [3.8, 4) is 10.6 Å². The Labute approximate surface area is 172 Å². The van der Waals surface area contributed by atoms with Crippen LogP contribution in [0.15, 0.2) is 34.6 Å². The molecular weight excluding hydrogens is 392 g/mol. The SMILES string of the molecule is CCNC(=NCCc1csc(-c2ccc(C)cc2)n1)NC(C)CCS(C)(=O)=O. The van der Waals surface area contributed by atoms with Gasteiger partial charge in [0, 0.05) is 42.8 Å². The number of nitrogens with zero attached hydrogens (tertiary/aromatic N) is 2. The third kappa shape index (κ3) is 7.98. The lowest BCUT2D eigenvalue weighted by Crippen LogP contribution is -2.43. The maximum Gasteiger partial charge on any atom is 0.191 e. The van der Waals surface area contributed by atoms with Gasteiger partial charge in [-0.2, -0.15) is 0 Å². The Balaban J connectivity index is 1.90. The van der Waals surface area contributed by atoms with Crippen LogP contribution in [0.25, 0.3) is 10.6 Å². The molecule has 0 aliphatic rings. The zero-order chi connectivity index (χ0) is 20.6. The number of rotatable bonds is 9. The van der Waals surface area contributed by atoms with Crippen molar-refractivity contribution < 1.29 is 8.42 Å². The van der Waals surface area contributed by atoms with Crippen molar-refractivity contribution in [1.82, 2.24) is 15.6 Å². The number of aryl methyl sites for hydroxylation is 1. The van der Waals surface area contributed by atoms with Gasteiger partial charge in [-0.3, -0.25) is 4.99 Å². The van der Waals surface area contributed by atoms with Gasteiger partial charge >= 0.3 is 0 Å². The Hall–Kier alpha value is -1.93. The van der Waals surface area contributed by atoms with Gasteiger partial charge < -0.3 is 10.6 Å². The van der Waals surface area contributed by atoms with Crippen molar-refractivity contribution in [2.45, 2.75) is 39.7 Å². The number of sulfone groups is 1. The van der Waals surface area contributed by atoms with E-state index >= 15 is 0 Å². The van der Waals surface area contributed by atoms with Crippen molar-refractivity contribution in [2.24, 2.45) is 4.99 Å². The highest BCUT2D eigenvalue weighted by atomic mass is 32.2. The van der Waals surface area contributed by atoms with Gasteiger partial charge in [0.2, 0.25) is 0 Å². The van der Waals surface area contributed by atoms with Crippen LogP contribution in [0, 0.1) is 6.92 Å². The molecule has 2 aromatic rings. The Morgan fingerprint density at radius 3 is 2.64 bits per heavy atom. The Kier molecular flexibility index (Phi) is 8.44. The Morgan fingerprint density at radius 2 is 2.00 bits per heavy atom. The number of nitrogens with one attached hydrogen (secondary N) is 2. The second-order valence-corrected chi connectivity index (χ2v) is 10.1. The van der Waals surface area contributed by atoms with Crippen LogP contribution >= 0.6 is 11.3 Å². The standard InChI is InChI=1S/C20H30N4O2S2/c1-5-21-20(23-16(3)11-13-28(4,25)26)22-12-10-18-14-27-19(24-18)17-8-6-15(2)7-9-17/h6-9,14,16H,5,10-13H2,1-4H3,(H2,21,22,23). The predicted molar refractivity (Wildman–Crippen MR) is 119 cm³/mol. The number of guanidine groups is 1. The van der Waals surface area contributed by atoms with Crippen molar-refractivity contribution in [3.05, 3.63) is 40.9 Å². The van der Waals surface area contributed by atoms with E-state index < -0.39 is 9.84 Å². The van der Waals surface area contributed by atoms with Crippen molar-refractivity contribution in [1.29, 1.82) is 0 Å². The minimum atomic E-state index is -2.95. The lowest BCUT2D eigenvalue weighted by Gasteiger charge is -2.17. The van der Waals surface area contributed by atoms with E-state index in [1.165, 1.54) is 11.8 Å². The summed E-state index contributed by atoms with van der Waals surface area (Å²) < 4.78 is 22.6. The monoisotopic (exact) mass is 422 g/mol. The van der Waals surface area contributed by atoms with Gasteiger partial charge in [-0.25, -0.2) is 13.4 Å². The average Bonchev–Trinajstić information content (AvgIpc) is 3.09. The fourth-order valence-electron chi connectivity index (χ4n) is 2.55. The second kappa shape index (κ2) is 10.6. The fourth-order valence-corrected chi connectivity index (χ4v) is 4.19. The molecule has 0 saturated heterocycles. The molecule has 1 atom stereocenters. The highest BCUT2D eigenvalue weighted by Gasteiger charge is 2.10. The number of aromatic nitrogens is 1. The summed E-state index contributed by atoms with van der Waals surface area (Å²) >= 11 is 1.65. The molecule has 0 amide bonds. The molecule has 6 nitrogen and oxygen atoms in total. The number of benzene rings is 1. The third-order valence-corrected chi connectivity index (χ3v) is 6.05. The normalized spacial score (nSPS) is 13.4. The summed E-state index contributed by atoms with van der Waals surface area (Å²) in [6, 6.07) is 8.42. The first-order chi connectivity index (χ1) is 13.3. The largest absolute Gasteiger partial charge is 0.357 e. The molecule has 0 saturated carbocycles. The highest BCUT2D eigenvalue weighted by Crippen LogP contribution is 2.24. The Morgan fingerprint density at radius 1 is 1.29 bits per heavy atom. The molecule has 0 fully saturated rings. The number of hydrogen-bond acceptors (Lipinski definition) is 5. The lowest BCUT2D eigenvalue weighted by atomic mass is 10.2. The molecule has 1 aromatic carbocycles. The maximum atomic E-state index is 11.3. The van der Waals surface area contributed by atoms with Crippen LogP contribution in [0.2, 0.25) is 0 Å². The quantitative estimate of drug-likeness (QED) is 0.479. The first-order valence-corrected chi connectivity index (χ1v) is 12.4. The minimum Gasteiger partial charge on any atom is -0.357 e. The average molecular weight is 423 g/mol. The molecular formula is C20H30N4O2S2. The van der Waals surface area contributed by atoms with Crippen molar-refractivity contribution in [3.63, 3.8) is 0 Å². The molecule has 8 heteroatoms. The van der Waals surface area contributed by atoms with E-state index in [-0.39, 0.29) is 11.8 Å². The molecule has 1 aromatic heterocycles. The topological polar surface area (TPSA) is 83.4 Å². The molecule has 154 valence electrons. The molecule has 0 radical (unpaired) electrons. The van der Waals surface area contributed by atoms with Crippen LogP contribution in [-0.4, -0.2) is 50.5 Å².